The molecule has 4 rings (SSSR count). The van der Waals surface area contributed by atoms with Crippen LogP contribution in [0, 0.1) is 5.92 Å². The molecule has 0 aromatic carbocycles. The van der Waals surface area contributed by atoms with Crippen LogP contribution in [-0.4, -0.2) is 45.7 Å². The number of carbonyl (C=O) groups is 1. The quantitative estimate of drug-likeness (QED) is 0.653. The van der Waals surface area contributed by atoms with E-state index >= 15 is 0 Å². The molecule has 1 atom stereocenters. The molecule has 1 fully saturated rings. The molecule has 9 heteroatoms. The molecule has 1 aliphatic heterocycles. The van der Waals surface area contributed by atoms with Gasteiger partial charge in [0.25, 0.3) is 0 Å². The second kappa shape index (κ2) is 8.92. The molecule has 28 heavy (non-hydrogen) atoms. The van der Waals surface area contributed by atoms with Crippen LogP contribution >= 0.6 is 11.3 Å². The first-order valence-electron chi connectivity index (χ1n) is 9.41. The number of thiophene rings is 1. The van der Waals surface area contributed by atoms with E-state index in [9.17, 15) is 4.79 Å². The Kier molecular flexibility index (Phi) is 5.91. The Morgan fingerprint density at radius 3 is 3.04 bits per heavy atom. The largest absolute Gasteiger partial charge is 0.421 e. The van der Waals surface area contributed by atoms with E-state index in [0.29, 0.717) is 37.1 Å². The van der Waals surface area contributed by atoms with E-state index in [4.69, 9.17) is 4.42 Å². The molecule has 0 bridgehead atoms. The number of amides is 1. The maximum absolute atomic E-state index is 12.2. The molecule has 0 radical (unpaired) electrons. The number of anilines is 1. The van der Waals surface area contributed by atoms with Gasteiger partial charge < -0.3 is 14.6 Å². The standard InChI is InChI=1S/C19H22N6O2S/c26-16(4-5-17-23-24-18(27-17)15-6-10-28-13-15)22-11-14-3-1-9-25(12-14)19-20-7-2-8-21-19/h2,6-8,10,13-14H,1,3-5,9,11-12H2,(H,22,26)/t14-/m0/s1. The molecule has 0 unspecified atom stereocenters. The molecule has 3 aromatic heterocycles. The van der Waals surface area contributed by atoms with Crippen LogP contribution in [0.3, 0.4) is 0 Å². The molecule has 3 aromatic rings. The van der Waals surface area contributed by atoms with Gasteiger partial charge in [0, 0.05) is 55.8 Å². The number of nitrogens with zero attached hydrogens (tertiary/aromatic N) is 5. The number of hydrogen-bond donors (Lipinski definition) is 1. The Bertz CT molecular complexity index is 883. The minimum absolute atomic E-state index is 0.00312. The maximum atomic E-state index is 12.2. The van der Waals surface area contributed by atoms with Gasteiger partial charge in [0.1, 0.15) is 0 Å². The zero-order valence-corrected chi connectivity index (χ0v) is 16.3. The van der Waals surface area contributed by atoms with Gasteiger partial charge in [0.2, 0.25) is 23.6 Å². The van der Waals surface area contributed by atoms with Gasteiger partial charge in [-0.1, -0.05) is 0 Å². The van der Waals surface area contributed by atoms with Crippen LogP contribution in [0.5, 0.6) is 0 Å². The summed E-state index contributed by atoms with van der Waals surface area (Å²) in [6.07, 6.45) is 6.47. The third-order valence-corrected chi connectivity index (χ3v) is 5.43. The number of aromatic nitrogens is 4. The van der Waals surface area contributed by atoms with E-state index in [1.54, 1.807) is 23.7 Å². The lowest BCUT2D eigenvalue weighted by molar-refractivity contribution is -0.121. The lowest BCUT2D eigenvalue weighted by atomic mass is 9.98. The predicted molar refractivity (Wildman–Crippen MR) is 106 cm³/mol. The second-order valence-electron chi connectivity index (χ2n) is 6.82. The topological polar surface area (TPSA) is 97.0 Å². The third-order valence-electron chi connectivity index (χ3n) is 4.74. The van der Waals surface area contributed by atoms with Crippen LogP contribution in [0.2, 0.25) is 0 Å². The summed E-state index contributed by atoms with van der Waals surface area (Å²) in [6, 6.07) is 3.75. The molecular formula is C19H22N6O2S. The van der Waals surface area contributed by atoms with E-state index in [1.165, 1.54) is 0 Å². The molecule has 1 aliphatic rings. The normalized spacial score (nSPS) is 16.9. The maximum Gasteiger partial charge on any atom is 0.248 e. The van der Waals surface area contributed by atoms with Crippen molar-refractivity contribution in [1.29, 1.82) is 0 Å². The molecule has 0 aliphatic carbocycles. The fourth-order valence-electron chi connectivity index (χ4n) is 3.29. The molecule has 146 valence electrons. The fourth-order valence-corrected chi connectivity index (χ4v) is 3.92. The van der Waals surface area contributed by atoms with Gasteiger partial charge in [0.15, 0.2) is 0 Å². The molecule has 8 nitrogen and oxygen atoms in total. The first-order chi connectivity index (χ1) is 13.8. The highest BCUT2D eigenvalue weighted by Crippen LogP contribution is 2.21. The molecule has 0 saturated carbocycles. The Labute approximate surface area is 167 Å². The lowest BCUT2D eigenvalue weighted by Gasteiger charge is -2.32. The number of nitrogens with one attached hydrogen (secondary N) is 1. The van der Waals surface area contributed by atoms with Gasteiger partial charge in [-0.3, -0.25) is 4.79 Å². The van der Waals surface area contributed by atoms with Gasteiger partial charge >= 0.3 is 0 Å². The Balaban J connectivity index is 1.21. The number of rotatable bonds is 7. The average Bonchev–Trinajstić information content (AvgIpc) is 3.43. The molecular weight excluding hydrogens is 376 g/mol. The van der Waals surface area contributed by atoms with Crippen LogP contribution in [0.4, 0.5) is 5.95 Å². The minimum atomic E-state index is 0.00312. The summed E-state index contributed by atoms with van der Waals surface area (Å²) in [5, 5.41) is 15.0. The lowest BCUT2D eigenvalue weighted by Crippen LogP contribution is -2.41. The zero-order chi connectivity index (χ0) is 19.2. The van der Waals surface area contributed by atoms with Gasteiger partial charge in [-0.15, -0.1) is 10.2 Å². The van der Waals surface area contributed by atoms with Crippen molar-refractivity contribution < 1.29 is 9.21 Å². The average molecular weight is 398 g/mol. The zero-order valence-electron chi connectivity index (χ0n) is 15.5. The van der Waals surface area contributed by atoms with Crippen LogP contribution in [-0.2, 0) is 11.2 Å². The smallest absolute Gasteiger partial charge is 0.248 e. The van der Waals surface area contributed by atoms with Crippen LogP contribution in [0.25, 0.3) is 11.5 Å². The van der Waals surface area contributed by atoms with Gasteiger partial charge in [-0.05, 0) is 36.3 Å². The summed E-state index contributed by atoms with van der Waals surface area (Å²) >= 11 is 1.58. The summed E-state index contributed by atoms with van der Waals surface area (Å²) < 4.78 is 5.62. The van der Waals surface area contributed by atoms with Crippen LogP contribution in [0.1, 0.15) is 25.2 Å². The van der Waals surface area contributed by atoms with Crippen molar-refractivity contribution in [1.82, 2.24) is 25.5 Å². The Hall–Kier alpha value is -2.81. The van der Waals surface area contributed by atoms with Crippen molar-refractivity contribution in [2.75, 3.05) is 24.5 Å². The Morgan fingerprint density at radius 1 is 1.32 bits per heavy atom. The van der Waals surface area contributed by atoms with Crippen LogP contribution < -0.4 is 10.2 Å². The summed E-state index contributed by atoms with van der Waals surface area (Å²) in [7, 11) is 0. The van der Waals surface area contributed by atoms with E-state index < -0.39 is 0 Å². The first-order valence-corrected chi connectivity index (χ1v) is 10.4. The SMILES string of the molecule is O=C(CCc1nnc(-c2ccsc2)o1)NC[C@@H]1CCCN(c2ncccn2)C1. The summed E-state index contributed by atoms with van der Waals surface area (Å²) in [5.41, 5.74) is 0.914. The molecule has 1 amide bonds. The highest BCUT2D eigenvalue weighted by molar-refractivity contribution is 7.08. The highest BCUT2D eigenvalue weighted by Gasteiger charge is 2.22. The molecule has 0 spiro atoms. The Morgan fingerprint density at radius 2 is 2.21 bits per heavy atom. The van der Waals surface area contributed by atoms with Crippen molar-refractivity contribution in [2.45, 2.75) is 25.7 Å². The van der Waals surface area contributed by atoms with Gasteiger partial charge in [-0.25, -0.2) is 9.97 Å². The van der Waals surface area contributed by atoms with E-state index in [-0.39, 0.29) is 5.91 Å². The summed E-state index contributed by atoms with van der Waals surface area (Å²) in [4.78, 5) is 23.0. The second-order valence-corrected chi connectivity index (χ2v) is 7.60. The first kappa shape index (κ1) is 18.5. The van der Waals surface area contributed by atoms with Gasteiger partial charge in [0.05, 0.1) is 0 Å². The summed E-state index contributed by atoms with van der Waals surface area (Å²) in [5.74, 6) is 2.15. The number of carbonyl (C=O) groups excluding carboxylic acids is 1. The third kappa shape index (κ3) is 4.72. The molecule has 1 N–H and O–H groups in total. The minimum Gasteiger partial charge on any atom is -0.421 e. The number of piperidine rings is 1. The fraction of sp³-hybridized carbons (Fsp3) is 0.421. The van der Waals surface area contributed by atoms with E-state index in [0.717, 1.165) is 37.4 Å². The molecule has 1 saturated heterocycles. The van der Waals surface area contributed by atoms with Gasteiger partial charge in [-0.2, -0.15) is 11.3 Å². The van der Waals surface area contributed by atoms with E-state index in [1.807, 2.05) is 22.9 Å². The predicted octanol–water partition coefficient (Wildman–Crippen LogP) is 2.55. The number of hydrogen-bond acceptors (Lipinski definition) is 8. The van der Waals surface area contributed by atoms with Crippen molar-refractivity contribution in [3.63, 3.8) is 0 Å². The van der Waals surface area contributed by atoms with Crippen molar-refractivity contribution in [2.24, 2.45) is 5.92 Å². The number of aryl methyl sites for hydroxylation is 1. The van der Waals surface area contributed by atoms with Crippen molar-refractivity contribution in [3.8, 4) is 11.5 Å². The van der Waals surface area contributed by atoms with E-state index in [2.05, 4.69) is 30.4 Å². The monoisotopic (exact) mass is 398 g/mol. The summed E-state index contributed by atoms with van der Waals surface area (Å²) in [6.45, 7) is 2.47. The van der Waals surface area contributed by atoms with Crippen molar-refractivity contribution >= 4 is 23.2 Å². The highest BCUT2D eigenvalue weighted by atomic mass is 32.1. The van der Waals surface area contributed by atoms with Crippen LogP contribution in [0.15, 0.2) is 39.7 Å². The van der Waals surface area contributed by atoms with Crippen molar-refractivity contribution in [3.05, 3.63) is 41.2 Å². The molecule has 4 heterocycles.